The van der Waals surface area contributed by atoms with Crippen molar-refractivity contribution < 1.29 is 14.3 Å². The summed E-state index contributed by atoms with van der Waals surface area (Å²) in [5.74, 6) is 0.275. The largest absolute Gasteiger partial charge is 0.481 e. The summed E-state index contributed by atoms with van der Waals surface area (Å²) in [7, 11) is 0. The molecule has 5 heteroatoms. The number of nitrogens with one attached hydrogen (secondary N) is 2. The zero-order valence-electron chi connectivity index (χ0n) is 16.5. The fraction of sp³-hybridized carbons (Fsp3) is 0.167. The second kappa shape index (κ2) is 9.55. The van der Waals surface area contributed by atoms with E-state index in [4.69, 9.17) is 4.74 Å². The van der Waals surface area contributed by atoms with Crippen molar-refractivity contribution in [1.82, 2.24) is 0 Å². The molecule has 0 aliphatic heterocycles. The van der Waals surface area contributed by atoms with Gasteiger partial charge >= 0.3 is 0 Å². The van der Waals surface area contributed by atoms with Gasteiger partial charge in [0.1, 0.15) is 5.75 Å². The van der Waals surface area contributed by atoms with E-state index in [-0.39, 0.29) is 11.8 Å². The molecule has 0 heterocycles. The van der Waals surface area contributed by atoms with Crippen LogP contribution in [0.15, 0.2) is 78.9 Å². The Balaban J connectivity index is 1.59. The van der Waals surface area contributed by atoms with Gasteiger partial charge in [-0.25, -0.2) is 0 Å². The molecule has 0 spiro atoms. The molecule has 29 heavy (non-hydrogen) atoms. The van der Waals surface area contributed by atoms with Crippen molar-refractivity contribution >= 4 is 23.2 Å². The highest BCUT2D eigenvalue weighted by atomic mass is 16.5. The topological polar surface area (TPSA) is 67.4 Å². The third kappa shape index (κ3) is 5.69. The highest BCUT2D eigenvalue weighted by molar-refractivity contribution is 5.96. The minimum Gasteiger partial charge on any atom is -0.481 e. The second-order valence-corrected chi connectivity index (χ2v) is 6.62. The van der Waals surface area contributed by atoms with Gasteiger partial charge in [-0.15, -0.1) is 0 Å². The summed E-state index contributed by atoms with van der Waals surface area (Å²) >= 11 is 0. The molecule has 2 N–H and O–H groups in total. The molecule has 0 radical (unpaired) electrons. The Labute approximate surface area is 170 Å². The summed E-state index contributed by atoms with van der Waals surface area (Å²) in [5.41, 5.74) is 3.44. The SMILES string of the molecule is CCC(=O)Nc1cccc(NC(=O)C(C)Oc2ccc(-c3ccccc3)cc2)c1. The van der Waals surface area contributed by atoms with E-state index in [1.165, 1.54) is 0 Å². The Morgan fingerprint density at radius 2 is 1.45 bits per heavy atom. The molecule has 5 nitrogen and oxygen atoms in total. The first-order valence-corrected chi connectivity index (χ1v) is 9.58. The quantitative estimate of drug-likeness (QED) is 0.591. The van der Waals surface area contributed by atoms with Crippen molar-refractivity contribution in [2.45, 2.75) is 26.4 Å². The van der Waals surface area contributed by atoms with Crippen LogP contribution in [-0.2, 0) is 9.59 Å². The second-order valence-electron chi connectivity index (χ2n) is 6.62. The monoisotopic (exact) mass is 388 g/mol. The van der Waals surface area contributed by atoms with Crippen molar-refractivity contribution in [3.8, 4) is 16.9 Å². The first-order valence-electron chi connectivity index (χ1n) is 9.58. The van der Waals surface area contributed by atoms with Crippen LogP contribution < -0.4 is 15.4 Å². The molecule has 0 aromatic heterocycles. The highest BCUT2D eigenvalue weighted by Gasteiger charge is 2.15. The maximum absolute atomic E-state index is 12.5. The number of hydrogen-bond acceptors (Lipinski definition) is 3. The summed E-state index contributed by atoms with van der Waals surface area (Å²) in [6, 6.07) is 24.7. The summed E-state index contributed by atoms with van der Waals surface area (Å²) in [4.78, 5) is 24.0. The first-order chi connectivity index (χ1) is 14.0. The summed E-state index contributed by atoms with van der Waals surface area (Å²) in [6.07, 6.45) is -0.281. The van der Waals surface area contributed by atoms with E-state index in [2.05, 4.69) is 10.6 Å². The molecule has 3 aromatic rings. The molecule has 0 saturated carbocycles. The number of benzene rings is 3. The van der Waals surface area contributed by atoms with Crippen LogP contribution in [-0.4, -0.2) is 17.9 Å². The summed E-state index contributed by atoms with van der Waals surface area (Å²) in [6.45, 7) is 3.48. The molecule has 0 fully saturated rings. The van der Waals surface area contributed by atoms with E-state index >= 15 is 0 Å². The molecule has 2 amide bonds. The average Bonchev–Trinajstić information content (AvgIpc) is 2.75. The lowest BCUT2D eigenvalue weighted by Crippen LogP contribution is -2.30. The normalized spacial score (nSPS) is 11.4. The van der Waals surface area contributed by atoms with Crippen LogP contribution in [0.3, 0.4) is 0 Å². The molecule has 0 aliphatic carbocycles. The zero-order valence-corrected chi connectivity index (χ0v) is 16.5. The molecule has 1 unspecified atom stereocenters. The van der Waals surface area contributed by atoms with E-state index in [0.717, 1.165) is 11.1 Å². The maximum Gasteiger partial charge on any atom is 0.265 e. The van der Waals surface area contributed by atoms with Gasteiger partial charge in [0.05, 0.1) is 0 Å². The van der Waals surface area contributed by atoms with Gasteiger partial charge in [0.15, 0.2) is 6.10 Å². The minimum atomic E-state index is -0.675. The Kier molecular flexibility index (Phi) is 6.63. The number of hydrogen-bond donors (Lipinski definition) is 2. The zero-order chi connectivity index (χ0) is 20.6. The lowest BCUT2D eigenvalue weighted by Gasteiger charge is -2.15. The van der Waals surface area contributed by atoms with Crippen LogP contribution in [0.1, 0.15) is 20.3 Å². The van der Waals surface area contributed by atoms with Crippen LogP contribution >= 0.6 is 0 Å². The van der Waals surface area contributed by atoms with E-state index in [0.29, 0.717) is 23.5 Å². The van der Waals surface area contributed by atoms with Gasteiger partial charge in [-0.05, 0) is 48.4 Å². The van der Waals surface area contributed by atoms with Crippen molar-refractivity contribution in [3.63, 3.8) is 0 Å². The van der Waals surface area contributed by atoms with Crippen LogP contribution in [0.5, 0.6) is 5.75 Å². The smallest absolute Gasteiger partial charge is 0.265 e. The third-order valence-corrected chi connectivity index (χ3v) is 4.38. The van der Waals surface area contributed by atoms with Gasteiger partial charge < -0.3 is 15.4 Å². The predicted octanol–water partition coefficient (Wildman–Crippen LogP) is 5.11. The fourth-order valence-corrected chi connectivity index (χ4v) is 2.78. The summed E-state index contributed by atoms with van der Waals surface area (Å²) in [5, 5.41) is 5.59. The fourth-order valence-electron chi connectivity index (χ4n) is 2.78. The van der Waals surface area contributed by atoms with Crippen molar-refractivity contribution in [2.75, 3.05) is 10.6 Å². The summed E-state index contributed by atoms with van der Waals surface area (Å²) < 4.78 is 5.77. The van der Waals surface area contributed by atoms with E-state index < -0.39 is 6.10 Å². The molecule has 3 rings (SSSR count). The number of ether oxygens (including phenoxy) is 1. The molecular formula is C24H24N2O3. The number of rotatable bonds is 7. The maximum atomic E-state index is 12.5. The van der Waals surface area contributed by atoms with Crippen LogP contribution in [0.4, 0.5) is 11.4 Å². The predicted molar refractivity (Wildman–Crippen MR) is 116 cm³/mol. The minimum absolute atomic E-state index is 0.0795. The van der Waals surface area contributed by atoms with Gasteiger partial charge in [0.2, 0.25) is 5.91 Å². The third-order valence-electron chi connectivity index (χ3n) is 4.38. The van der Waals surface area contributed by atoms with Gasteiger partial charge in [0.25, 0.3) is 5.91 Å². The van der Waals surface area contributed by atoms with Crippen LogP contribution in [0, 0.1) is 0 Å². The standard InChI is InChI=1S/C24H24N2O3/c1-3-23(27)25-20-10-7-11-21(16-20)26-24(28)17(2)29-22-14-12-19(13-15-22)18-8-5-4-6-9-18/h4-17H,3H2,1-2H3,(H,25,27)(H,26,28). The van der Waals surface area contributed by atoms with E-state index in [1.807, 2.05) is 54.6 Å². The molecule has 0 saturated heterocycles. The van der Waals surface area contributed by atoms with Gasteiger partial charge in [-0.3, -0.25) is 9.59 Å². The molecule has 0 aliphatic rings. The first kappa shape index (κ1) is 20.1. The molecule has 3 aromatic carbocycles. The van der Waals surface area contributed by atoms with Crippen LogP contribution in [0.25, 0.3) is 11.1 Å². The number of anilines is 2. The number of carbonyl (C=O) groups excluding carboxylic acids is 2. The average molecular weight is 388 g/mol. The molecule has 1 atom stereocenters. The number of carbonyl (C=O) groups is 2. The lowest BCUT2D eigenvalue weighted by atomic mass is 10.1. The highest BCUT2D eigenvalue weighted by Crippen LogP contribution is 2.23. The lowest BCUT2D eigenvalue weighted by molar-refractivity contribution is -0.122. The number of amides is 2. The molecule has 0 bridgehead atoms. The Morgan fingerprint density at radius 3 is 2.10 bits per heavy atom. The Morgan fingerprint density at radius 1 is 0.828 bits per heavy atom. The Hall–Kier alpha value is -3.60. The van der Waals surface area contributed by atoms with Gasteiger partial charge in [-0.1, -0.05) is 55.5 Å². The van der Waals surface area contributed by atoms with Crippen molar-refractivity contribution in [3.05, 3.63) is 78.9 Å². The van der Waals surface area contributed by atoms with E-state index in [1.54, 1.807) is 38.1 Å². The van der Waals surface area contributed by atoms with E-state index in [9.17, 15) is 9.59 Å². The Bertz CT molecular complexity index is 969. The van der Waals surface area contributed by atoms with Crippen LogP contribution in [0.2, 0.25) is 0 Å². The van der Waals surface area contributed by atoms with Crippen molar-refractivity contribution in [1.29, 1.82) is 0 Å². The van der Waals surface area contributed by atoms with Gasteiger partial charge in [0, 0.05) is 17.8 Å². The van der Waals surface area contributed by atoms with Gasteiger partial charge in [-0.2, -0.15) is 0 Å². The van der Waals surface area contributed by atoms with Crippen molar-refractivity contribution in [2.24, 2.45) is 0 Å². The molecule has 148 valence electrons. The molecular weight excluding hydrogens is 364 g/mol.